The number of hydrogen-bond donors (Lipinski definition) is 1. The van der Waals surface area contributed by atoms with Crippen LogP contribution < -0.4 is 5.32 Å². The van der Waals surface area contributed by atoms with Crippen LogP contribution in [0.1, 0.15) is 18.5 Å². The minimum atomic E-state index is -0.831. The topological polar surface area (TPSA) is 12.0 Å². The molecule has 1 unspecified atom stereocenters. The van der Waals surface area contributed by atoms with E-state index >= 15 is 0 Å². The first-order valence-electron chi connectivity index (χ1n) is 4.91. The molecule has 0 amide bonds. The van der Waals surface area contributed by atoms with Gasteiger partial charge in [0, 0.05) is 6.04 Å². The second kappa shape index (κ2) is 4.61. The van der Waals surface area contributed by atoms with Crippen molar-refractivity contribution in [3.05, 3.63) is 52.2 Å². The fraction of sp³-hybridized carbons (Fsp3) is 0.167. The van der Waals surface area contributed by atoms with Crippen molar-refractivity contribution in [3.63, 3.8) is 0 Å². The van der Waals surface area contributed by atoms with E-state index in [9.17, 15) is 8.78 Å². The Bertz CT molecular complexity index is 468. The van der Waals surface area contributed by atoms with E-state index in [4.69, 9.17) is 0 Å². The normalized spacial score (nSPS) is 12.4. The molecule has 2 aromatic rings. The van der Waals surface area contributed by atoms with Crippen molar-refractivity contribution in [2.24, 2.45) is 0 Å². The molecule has 1 aromatic carbocycles. The molecular formula is C12H11F2NS. The Hall–Kier alpha value is -1.42. The van der Waals surface area contributed by atoms with Crippen LogP contribution >= 0.6 is 11.3 Å². The van der Waals surface area contributed by atoms with Gasteiger partial charge in [0.15, 0.2) is 11.6 Å². The monoisotopic (exact) mass is 239 g/mol. The van der Waals surface area contributed by atoms with E-state index in [1.807, 2.05) is 23.8 Å². The van der Waals surface area contributed by atoms with Gasteiger partial charge in [-0.15, -0.1) is 0 Å². The third kappa shape index (κ3) is 2.22. The van der Waals surface area contributed by atoms with Crippen molar-refractivity contribution in [1.29, 1.82) is 0 Å². The molecule has 1 nitrogen and oxygen atoms in total. The Morgan fingerprint density at radius 2 is 2.06 bits per heavy atom. The highest BCUT2D eigenvalue weighted by atomic mass is 32.1. The average Bonchev–Trinajstić information content (AvgIpc) is 2.78. The van der Waals surface area contributed by atoms with Crippen LogP contribution in [0, 0.1) is 11.6 Å². The summed E-state index contributed by atoms with van der Waals surface area (Å²) < 4.78 is 26.3. The molecule has 0 aliphatic heterocycles. The molecule has 0 spiro atoms. The van der Waals surface area contributed by atoms with E-state index in [-0.39, 0.29) is 11.7 Å². The minimum Gasteiger partial charge on any atom is -0.376 e. The SMILES string of the molecule is CC(Nc1cccc(F)c1F)c1ccsc1. The zero-order valence-corrected chi connectivity index (χ0v) is 9.52. The molecule has 0 saturated heterocycles. The summed E-state index contributed by atoms with van der Waals surface area (Å²) in [7, 11) is 0. The van der Waals surface area contributed by atoms with Crippen molar-refractivity contribution in [2.75, 3.05) is 5.32 Å². The number of anilines is 1. The van der Waals surface area contributed by atoms with Crippen LogP contribution in [0.15, 0.2) is 35.0 Å². The van der Waals surface area contributed by atoms with Gasteiger partial charge in [0.05, 0.1) is 5.69 Å². The van der Waals surface area contributed by atoms with E-state index < -0.39 is 11.6 Å². The number of benzene rings is 1. The first kappa shape index (κ1) is 11.1. The summed E-state index contributed by atoms with van der Waals surface area (Å²) in [6.45, 7) is 1.91. The maximum absolute atomic E-state index is 13.4. The quantitative estimate of drug-likeness (QED) is 0.846. The summed E-state index contributed by atoms with van der Waals surface area (Å²) in [6, 6.07) is 6.04. The van der Waals surface area contributed by atoms with Crippen molar-refractivity contribution >= 4 is 17.0 Å². The van der Waals surface area contributed by atoms with Gasteiger partial charge < -0.3 is 5.32 Å². The van der Waals surface area contributed by atoms with Crippen LogP contribution in [0.3, 0.4) is 0 Å². The molecule has 2 rings (SSSR count). The van der Waals surface area contributed by atoms with Gasteiger partial charge in [0.2, 0.25) is 0 Å². The molecule has 0 saturated carbocycles. The zero-order chi connectivity index (χ0) is 11.5. The van der Waals surface area contributed by atoms with Crippen molar-refractivity contribution < 1.29 is 8.78 Å². The number of halogens is 2. The van der Waals surface area contributed by atoms with Gasteiger partial charge in [-0.3, -0.25) is 0 Å². The Kier molecular flexibility index (Phi) is 3.19. The molecule has 0 aliphatic rings. The first-order valence-corrected chi connectivity index (χ1v) is 5.85. The highest BCUT2D eigenvalue weighted by molar-refractivity contribution is 7.07. The van der Waals surface area contributed by atoms with Crippen molar-refractivity contribution in [1.82, 2.24) is 0 Å². The third-order valence-electron chi connectivity index (χ3n) is 2.37. The number of rotatable bonds is 3. The van der Waals surface area contributed by atoms with E-state index in [0.717, 1.165) is 11.6 Å². The fourth-order valence-corrected chi connectivity index (χ4v) is 2.21. The van der Waals surface area contributed by atoms with Gasteiger partial charge in [0.25, 0.3) is 0 Å². The largest absolute Gasteiger partial charge is 0.376 e. The van der Waals surface area contributed by atoms with Crippen LogP contribution in [0.2, 0.25) is 0 Å². The molecule has 4 heteroatoms. The molecule has 1 atom stereocenters. The van der Waals surface area contributed by atoms with Gasteiger partial charge in [-0.25, -0.2) is 8.78 Å². The lowest BCUT2D eigenvalue weighted by Crippen LogP contribution is -2.07. The molecule has 16 heavy (non-hydrogen) atoms. The molecule has 1 heterocycles. The van der Waals surface area contributed by atoms with Gasteiger partial charge in [-0.2, -0.15) is 11.3 Å². The van der Waals surface area contributed by atoms with Crippen LogP contribution in [0.5, 0.6) is 0 Å². The van der Waals surface area contributed by atoms with Gasteiger partial charge in [0.1, 0.15) is 0 Å². The predicted octanol–water partition coefficient (Wildman–Crippen LogP) is 4.20. The molecule has 0 radical (unpaired) electrons. The second-order valence-electron chi connectivity index (χ2n) is 3.52. The average molecular weight is 239 g/mol. The molecule has 0 fully saturated rings. The maximum atomic E-state index is 13.4. The lowest BCUT2D eigenvalue weighted by Gasteiger charge is -2.14. The van der Waals surface area contributed by atoms with Gasteiger partial charge in [-0.1, -0.05) is 6.07 Å². The van der Waals surface area contributed by atoms with Crippen LogP contribution in [-0.4, -0.2) is 0 Å². The Morgan fingerprint density at radius 1 is 1.25 bits per heavy atom. The fourth-order valence-electron chi connectivity index (χ4n) is 1.45. The van der Waals surface area contributed by atoms with Crippen LogP contribution in [0.25, 0.3) is 0 Å². The molecular weight excluding hydrogens is 228 g/mol. The first-order chi connectivity index (χ1) is 7.68. The maximum Gasteiger partial charge on any atom is 0.181 e. The number of thiophene rings is 1. The smallest absolute Gasteiger partial charge is 0.181 e. The molecule has 1 aromatic heterocycles. The summed E-state index contributed by atoms with van der Waals surface area (Å²) in [6.07, 6.45) is 0. The summed E-state index contributed by atoms with van der Waals surface area (Å²) in [5.41, 5.74) is 1.26. The molecule has 84 valence electrons. The number of nitrogens with one attached hydrogen (secondary N) is 1. The van der Waals surface area contributed by atoms with E-state index in [1.54, 1.807) is 11.3 Å². The lowest BCUT2D eigenvalue weighted by atomic mass is 10.1. The van der Waals surface area contributed by atoms with E-state index in [2.05, 4.69) is 5.32 Å². The highest BCUT2D eigenvalue weighted by Gasteiger charge is 2.11. The summed E-state index contributed by atoms with van der Waals surface area (Å²) in [5.74, 6) is -1.66. The van der Waals surface area contributed by atoms with Gasteiger partial charge >= 0.3 is 0 Å². The minimum absolute atomic E-state index is 0.0393. The van der Waals surface area contributed by atoms with Crippen molar-refractivity contribution in [3.8, 4) is 0 Å². The zero-order valence-electron chi connectivity index (χ0n) is 8.71. The lowest BCUT2D eigenvalue weighted by molar-refractivity contribution is 0.510. The molecule has 0 bridgehead atoms. The standard InChI is InChI=1S/C12H11F2NS/c1-8(9-5-6-16-7-9)15-11-4-2-3-10(13)12(11)14/h2-8,15H,1H3. The second-order valence-corrected chi connectivity index (χ2v) is 4.30. The van der Waals surface area contributed by atoms with Gasteiger partial charge in [-0.05, 0) is 41.4 Å². The van der Waals surface area contributed by atoms with Crippen LogP contribution in [0.4, 0.5) is 14.5 Å². The summed E-state index contributed by atoms with van der Waals surface area (Å²) in [4.78, 5) is 0. The number of hydrogen-bond acceptors (Lipinski definition) is 2. The highest BCUT2D eigenvalue weighted by Crippen LogP contribution is 2.24. The van der Waals surface area contributed by atoms with Crippen molar-refractivity contribution in [2.45, 2.75) is 13.0 Å². The Balaban J connectivity index is 2.18. The summed E-state index contributed by atoms with van der Waals surface area (Å²) >= 11 is 1.58. The van der Waals surface area contributed by atoms with E-state index in [0.29, 0.717) is 0 Å². The Labute approximate surface area is 96.7 Å². The van der Waals surface area contributed by atoms with E-state index in [1.165, 1.54) is 12.1 Å². The summed E-state index contributed by atoms with van der Waals surface area (Å²) in [5, 5.41) is 6.88. The Morgan fingerprint density at radius 3 is 2.75 bits per heavy atom. The van der Waals surface area contributed by atoms with Crippen LogP contribution in [-0.2, 0) is 0 Å². The predicted molar refractivity (Wildman–Crippen MR) is 62.7 cm³/mol. The molecule has 0 aliphatic carbocycles. The third-order valence-corrected chi connectivity index (χ3v) is 3.07. The molecule has 1 N–H and O–H groups in total.